The first-order chi connectivity index (χ1) is 7.55. The molecule has 1 N–H and O–H groups in total. The van der Waals surface area contributed by atoms with Crippen LogP contribution < -0.4 is 0 Å². The van der Waals surface area contributed by atoms with Crippen molar-refractivity contribution >= 4 is 0 Å². The van der Waals surface area contributed by atoms with E-state index in [4.69, 9.17) is 5.11 Å². The van der Waals surface area contributed by atoms with Gasteiger partial charge in [-0.2, -0.15) is 13.2 Å². The number of rotatable bonds is 4. The maximum atomic E-state index is 12.6. The van der Waals surface area contributed by atoms with E-state index in [0.717, 1.165) is 6.07 Å². The maximum Gasteiger partial charge on any atom is 0.416 e. The van der Waals surface area contributed by atoms with Crippen LogP contribution in [0.15, 0.2) is 36.4 Å². The highest BCUT2D eigenvalue weighted by Gasteiger charge is 2.32. The summed E-state index contributed by atoms with van der Waals surface area (Å²) < 4.78 is 37.7. The Kier molecular flexibility index (Phi) is 4.55. The molecule has 0 unspecified atom stereocenters. The quantitative estimate of drug-likeness (QED) is 0.787. The third kappa shape index (κ3) is 3.70. The summed E-state index contributed by atoms with van der Waals surface area (Å²) in [6, 6.07) is 5.51. The Balaban J connectivity index is 2.80. The van der Waals surface area contributed by atoms with Gasteiger partial charge in [-0.25, -0.2) is 0 Å². The van der Waals surface area contributed by atoms with Crippen LogP contribution in [0.2, 0.25) is 0 Å². The zero-order chi connectivity index (χ0) is 12.0. The summed E-state index contributed by atoms with van der Waals surface area (Å²) in [5, 5.41) is 8.52. The average Bonchev–Trinajstić information content (AvgIpc) is 2.24. The first-order valence-electron chi connectivity index (χ1n) is 4.96. The average molecular weight is 230 g/mol. The van der Waals surface area contributed by atoms with E-state index >= 15 is 0 Å². The maximum absolute atomic E-state index is 12.6. The fraction of sp³-hybridized carbons (Fsp3) is 0.333. The molecular weight excluding hydrogens is 217 g/mol. The number of allylic oxidation sites excluding steroid dienone is 1. The smallest absolute Gasteiger partial charge is 0.396 e. The molecule has 1 nitrogen and oxygen atoms in total. The van der Waals surface area contributed by atoms with Gasteiger partial charge in [-0.15, -0.1) is 0 Å². The van der Waals surface area contributed by atoms with Crippen LogP contribution in [0.5, 0.6) is 0 Å². The van der Waals surface area contributed by atoms with Gasteiger partial charge in [0.2, 0.25) is 0 Å². The van der Waals surface area contributed by atoms with Crippen molar-refractivity contribution in [2.24, 2.45) is 0 Å². The molecule has 0 saturated heterocycles. The third-order valence-corrected chi connectivity index (χ3v) is 2.12. The molecule has 0 amide bonds. The largest absolute Gasteiger partial charge is 0.416 e. The molecule has 4 heteroatoms. The van der Waals surface area contributed by atoms with Crippen molar-refractivity contribution in [1.82, 2.24) is 0 Å². The van der Waals surface area contributed by atoms with Crippen molar-refractivity contribution in [3.05, 3.63) is 47.5 Å². The molecule has 0 aliphatic rings. The third-order valence-electron chi connectivity index (χ3n) is 2.12. The minimum absolute atomic E-state index is 0.0113. The van der Waals surface area contributed by atoms with Gasteiger partial charge in [-0.05, 0) is 24.5 Å². The molecule has 0 spiro atoms. The van der Waals surface area contributed by atoms with E-state index in [1.807, 2.05) is 0 Å². The van der Waals surface area contributed by atoms with Gasteiger partial charge >= 0.3 is 6.18 Å². The van der Waals surface area contributed by atoms with Gasteiger partial charge in [0.05, 0.1) is 5.56 Å². The summed E-state index contributed by atoms with van der Waals surface area (Å²) in [6.45, 7) is 0.0113. The fourth-order valence-corrected chi connectivity index (χ4v) is 1.38. The topological polar surface area (TPSA) is 20.2 Å². The van der Waals surface area contributed by atoms with Crippen molar-refractivity contribution in [3.8, 4) is 0 Å². The summed E-state index contributed by atoms with van der Waals surface area (Å²) in [5.74, 6) is 0. The first-order valence-corrected chi connectivity index (χ1v) is 4.96. The van der Waals surface area contributed by atoms with Crippen molar-refractivity contribution in [3.63, 3.8) is 0 Å². The number of hydrogen-bond donors (Lipinski definition) is 1. The normalized spacial score (nSPS) is 12.2. The lowest BCUT2D eigenvalue weighted by atomic mass is 10.0. The van der Waals surface area contributed by atoms with E-state index in [9.17, 15) is 13.2 Å². The van der Waals surface area contributed by atoms with Gasteiger partial charge in [0.15, 0.2) is 0 Å². The van der Waals surface area contributed by atoms with Crippen LogP contribution in [0.4, 0.5) is 13.2 Å². The van der Waals surface area contributed by atoms with Crippen LogP contribution in [0.25, 0.3) is 0 Å². The summed E-state index contributed by atoms with van der Waals surface area (Å²) >= 11 is 0. The molecule has 0 fully saturated rings. The molecule has 16 heavy (non-hydrogen) atoms. The van der Waals surface area contributed by atoms with Crippen molar-refractivity contribution in [1.29, 1.82) is 0 Å². The highest BCUT2D eigenvalue weighted by molar-refractivity contribution is 5.31. The molecule has 1 aromatic rings. The van der Waals surface area contributed by atoms with E-state index in [2.05, 4.69) is 0 Å². The van der Waals surface area contributed by atoms with Crippen LogP contribution in [-0.4, -0.2) is 11.7 Å². The van der Waals surface area contributed by atoms with E-state index in [-0.39, 0.29) is 18.6 Å². The Hall–Kier alpha value is -1.29. The van der Waals surface area contributed by atoms with Crippen LogP contribution in [0, 0.1) is 0 Å². The van der Waals surface area contributed by atoms with Gasteiger partial charge in [0.25, 0.3) is 0 Å². The summed E-state index contributed by atoms with van der Waals surface area (Å²) in [6.07, 6.45) is -0.292. The molecule has 0 atom stereocenters. The monoisotopic (exact) mass is 230 g/mol. The first kappa shape index (κ1) is 12.8. The lowest BCUT2D eigenvalue weighted by Crippen LogP contribution is -2.08. The van der Waals surface area contributed by atoms with Crippen LogP contribution in [0.1, 0.15) is 17.5 Å². The van der Waals surface area contributed by atoms with Gasteiger partial charge < -0.3 is 5.11 Å². The molecule has 0 heterocycles. The van der Waals surface area contributed by atoms with Crippen LogP contribution >= 0.6 is 0 Å². The van der Waals surface area contributed by atoms with Gasteiger partial charge in [0, 0.05) is 6.61 Å². The summed E-state index contributed by atoms with van der Waals surface area (Å²) in [4.78, 5) is 0. The highest BCUT2D eigenvalue weighted by atomic mass is 19.4. The minimum Gasteiger partial charge on any atom is -0.396 e. The predicted octanol–water partition coefficient (Wildman–Crippen LogP) is 3.19. The van der Waals surface area contributed by atoms with Gasteiger partial charge in [-0.3, -0.25) is 0 Å². The molecular formula is C12H13F3O. The Morgan fingerprint density at radius 3 is 2.44 bits per heavy atom. The molecule has 0 aliphatic heterocycles. The lowest BCUT2D eigenvalue weighted by Gasteiger charge is -2.10. The highest BCUT2D eigenvalue weighted by Crippen LogP contribution is 2.32. The lowest BCUT2D eigenvalue weighted by molar-refractivity contribution is -0.138. The zero-order valence-electron chi connectivity index (χ0n) is 8.67. The Morgan fingerprint density at radius 2 is 1.81 bits per heavy atom. The Morgan fingerprint density at radius 1 is 1.12 bits per heavy atom. The standard InChI is InChI=1S/C12H13F3O/c13-12(14,15)11-8-4-3-7-10(11)6-2-1-5-9-16/h1-4,7-8,16H,5-6,9H2/b2-1-. The molecule has 0 aliphatic carbocycles. The summed E-state index contributed by atoms with van der Waals surface area (Å²) in [5.41, 5.74) is -0.340. The van der Waals surface area contributed by atoms with E-state index in [1.165, 1.54) is 12.1 Å². The van der Waals surface area contributed by atoms with Crippen molar-refractivity contribution in [2.45, 2.75) is 19.0 Å². The molecule has 88 valence electrons. The number of aliphatic hydroxyl groups excluding tert-OH is 1. The molecule has 0 saturated carbocycles. The second-order valence-electron chi connectivity index (χ2n) is 3.34. The van der Waals surface area contributed by atoms with Crippen molar-refractivity contribution < 1.29 is 18.3 Å². The number of halogens is 3. The van der Waals surface area contributed by atoms with Crippen molar-refractivity contribution in [2.75, 3.05) is 6.61 Å². The van der Waals surface area contributed by atoms with E-state index in [0.29, 0.717) is 6.42 Å². The second-order valence-corrected chi connectivity index (χ2v) is 3.34. The second kappa shape index (κ2) is 5.70. The predicted molar refractivity (Wildman–Crippen MR) is 56.0 cm³/mol. The summed E-state index contributed by atoms with van der Waals surface area (Å²) in [7, 11) is 0. The Bertz CT molecular complexity index is 356. The number of aliphatic hydroxyl groups is 1. The minimum atomic E-state index is -4.30. The number of benzene rings is 1. The molecule has 0 aromatic heterocycles. The zero-order valence-corrected chi connectivity index (χ0v) is 8.67. The Labute approximate surface area is 92.2 Å². The van der Waals surface area contributed by atoms with E-state index < -0.39 is 11.7 Å². The van der Waals surface area contributed by atoms with Crippen LogP contribution in [-0.2, 0) is 12.6 Å². The van der Waals surface area contributed by atoms with E-state index in [1.54, 1.807) is 18.2 Å². The number of hydrogen-bond acceptors (Lipinski definition) is 1. The van der Waals surface area contributed by atoms with Gasteiger partial charge in [0.1, 0.15) is 0 Å². The molecule has 1 rings (SSSR count). The molecule has 0 bridgehead atoms. The molecule has 1 aromatic carbocycles. The van der Waals surface area contributed by atoms with Gasteiger partial charge in [-0.1, -0.05) is 30.4 Å². The molecule has 0 radical (unpaired) electrons. The SMILES string of the molecule is OCC/C=C\Cc1ccccc1C(F)(F)F. The number of alkyl halides is 3. The fourth-order valence-electron chi connectivity index (χ4n) is 1.38. The van der Waals surface area contributed by atoms with Crippen LogP contribution in [0.3, 0.4) is 0 Å².